The van der Waals surface area contributed by atoms with Crippen molar-refractivity contribution in [3.05, 3.63) is 40.4 Å². The molecule has 6 heteroatoms. The quantitative estimate of drug-likeness (QED) is 0.767. The zero-order chi connectivity index (χ0) is 18.4. The van der Waals surface area contributed by atoms with Crippen molar-refractivity contribution >= 4 is 22.4 Å². The minimum Gasteiger partial charge on any atom is -0.299 e. The number of nitrogens with zero attached hydrogens (tertiary/aromatic N) is 3. The lowest BCUT2D eigenvalue weighted by molar-refractivity contribution is 0.102. The van der Waals surface area contributed by atoms with E-state index in [9.17, 15) is 4.79 Å². The molecule has 0 unspecified atom stereocenters. The van der Waals surface area contributed by atoms with Gasteiger partial charge in [0.1, 0.15) is 5.01 Å². The van der Waals surface area contributed by atoms with Crippen LogP contribution in [0, 0.1) is 0 Å². The number of anilines is 1. The Hall–Kier alpha value is -1.79. The summed E-state index contributed by atoms with van der Waals surface area (Å²) in [7, 11) is 0. The van der Waals surface area contributed by atoms with Crippen LogP contribution in [0.1, 0.15) is 72.8 Å². The lowest BCUT2D eigenvalue weighted by Gasteiger charge is -2.26. The van der Waals surface area contributed by atoms with E-state index in [4.69, 9.17) is 0 Å². The van der Waals surface area contributed by atoms with Crippen LogP contribution < -0.4 is 5.32 Å². The molecule has 3 rings (SSSR count). The van der Waals surface area contributed by atoms with Crippen LogP contribution in [-0.2, 0) is 6.54 Å². The molecule has 1 aromatic heterocycles. The molecule has 1 amide bonds. The summed E-state index contributed by atoms with van der Waals surface area (Å²) >= 11 is 1.48. The van der Waals surface area contributed by atoms with Gasteiger partial charge in [0.05, 0.1) is 0 Å². The molecule has 2 heterocycles. The maximum absolute atomic E-state index is 12.5. The number of carbonyl (C=O) groups is 1. The maximum Gasteiger partial charge on any atom is 0.257 e. The number of likely N-dealkylation sites (tertiary alicyclic amines) is 1. The van der Waals surface area contributed by atoms with Gasteiger partial charge in [-0.15, -0.1) is 10.2 Å². The van der Waals surface area contributed by atoms with Crippen LogP contribution in [0.25, 0.3) is 0 Å². The summed E-state index contributed by atoms with van der Waals surface area (Å²) in [4.78, 5) is 14.9. The van der Waals surface area contributed by atoms with E-state index in [1.165, 1.54) is 49.3 Å². The molecule has 0 bridgehead atoms. The number of piperidine rings is 1. The Kier molecular flexibility index (Phi) is 6.74. The molecule has 140 valence electrons. The number of hydrogen-bond donors (Lipinski definition) is 1. The van der Waals surface area contributed by atoms with Crippen molar-refractivity contribution in [1.82, 2.24) is 15.1 Å². The van der Waals surface area contributed by atoms with Gasteiger partial charge in [0.2, 0.25) is 5.13 Å². The monoisotopic (exact) mass is 372 g/mol. The highest BCUT2D eigenvalue weighted by Gasteiger charge is 2.15. The van der Waals surface area contributed by atoms with Crippen LogP contribution in [0.15, 0.2) is 24.3 Å². The summed E-state index contributed by atoms with van der Waals surface area (Å²) in [5, 5.41) is 12.8. The van der Waals surface area contributed by atoms with Crippen molar-refractivity contribution < 1.29 is 4.79 Å². The predicted molar refractivity (Wildman–Crippen MR) is 107 cm³/mol. The van der Waals surface area contributed by atoms with E-state index in [1.54, 1.807) is 0 Å². The zero-order valence-corrected chi connectivity index (χ0v) is 16.5. The first-order valence-corrected chi connectivity index (χ1v) is 10.5. The summed E-state index contributed by atoms with van der Waals surface area (Å²) in [6.07, 6.45) is 6.01. The van der Waals surface area contributed by atoms with Gasteiger partial charge in [0.15, 0.2) is 0 Å². The fourth-order valence-corrected chi connectivity index (χ4v) is 4.40. The van der Waals surface area contributed by atoms with Gasteiger partial charge in [-0.05, 0) is 56.5 Å². The molecule has 0 spiro atoms. The summed E-state index contributed by atoms with van der Waals surface area (Å²) in [6.45, 7) is 7.63. The highest BCUT2D eigenvalue weighted by Crippen LogP contribution is 2.28. The molecule has 0 saturated carbocycles. The topological polar surface area (TPSA) is 58.1 Å². The molecule has 1 aromatic carbocycles. The number of rotatable bonds is 7. The Morgan fingerprint density at radius 2 is 1.81 bits per heavy atom. The van der Waals surface area contributed by atoms with Gasteiger partial charge in [-0.25, -0.2) is 0 Å². The minimum atomic E-state index is -0.123. The third-order valence-corrected chi connectivity index (χ3v) is 6.07. The average molecular weight is 373 g/mol. The fourth-order valence-electron chi connectivity index (χ4n) is 3.39. The van der Waals surface area contributed by atoms with Crippen molar-refractivity contribution in [2.45, 2.75) is 58.4 Å². The van der Waals surface area contributed by atoms with Crippen LogP contribution in [0.2, 0.25) is 0 Å². The second-order valence-corrected chi connectivity index (χ2v) is 7.96. The normalized spacial score (nSPS) is 15.3. The number of benzene rings is 1. The smallest absolute Gasteiger partial charge is 0.257 e. The first-order chi connectivity index (χ1) is 12.7. The van der Waals surface area contributed by atoms with Crippen LogP contribution in [0.4, 0.5) is 5.13 Å². The predicted octanol–water partition coefficient (Wildman–Crippen LogP) is 4.68. The molecular weight excluding hydrogens is 344 g/mol. The van der Waals surface area contributed by atoms with Crippen molar-refractivity contribution in [2.24, 2.45) is 0 Å². The zero-order valence-electron chi connectivity index (χ0n) is 15.7. The summed E-state index contributed by atoms with van der Waals surface area (Å²) in [6, 6.07) is 7.91. The summed E-state index contributed by atoms with van der Waals surface area (Å²) in [5.74, 6) is 0.300. The number of amides is 1. The van der Waals surface area contributed by atoms with Crippen LogP contribution in [0.5, 0.6) is 0 Å². The average Bonchev–Trinajstić information content (AvgIpc) is 3.12. The highest BCUT2D eigenvalue weighted by atomic mass is 32.1. The molecule has 1 aliphatic rings. The first kappa shape index (κ1) is 19.0. The molecule has 1 fully saturated rings. The van der Waals surface area contributed by atoms with Crippen molar-refractivity contribution in [3.8, 4) is 0 Å². The van der Waals surface area contributed by atoms with E-state index in [0.717, 1.165) is 24.4 Å². The Bertz CT molecular complexity index is 703. The lowest BCUT2D eigenvalue weighted by Crippen LogP contribution is -2.29. The summed E-state index contributed by atoms with van der Waals surface area (Å²) < 4.78 is 0. The molecule has 0 radical (unpaired) electrons. The molecule has 0 aliphatic carbocycles. The SMILES string of the molecule is CCC(CC)c1nnc(NC(=O)c2ccc(CN3CCCCC3)cc2)s1. The van der Waals surface area contributed by atoms with E-state index in [0.29, 0.717) is 16.6 Å². The molecule has 1 aliphatic heterocycles. The van der Waals surface area contributed by atoms with E-state index in [1.807, 2.05) is 12.1 Å². The fraction of sp³-hybridized carbons (Fsp3) is 0.550. The Balaban J connectivity index is 1.57. The summed E-state index contributed by atoms with van der Waals surface area (Å²) in [5.41, 5.74) is 1.92. The number of aromatic nitrogens is 2. The maximum atomic E-state index is 12.5. The van der Waals surface area contributed by atoms with E-state index in [-0.39, 0.29) is 5.91 Å². The van der Waals surface area contributed by atoms with Gasteiger partial charge in [0, 0.05) is 18.0 Å². The first-order valence-electron chi connectivity index (χ1n) is 9.65. The number of carbonyl (C=O) groups excluding carboxylic acids is 1. The highest BCUT2D eigenvalue weighted by molar-refractivity contribution is 7.15. The largest absolute Gasteiger partial charge is 0.299 e. The van der Waals surface area contributed by atoms with Gasteiger partial charge < -0.3 is 0 Å². The standard InChI is InChI=1S/C20H28N4OS/c1-3-16(4-2)19-22-23-20(26-19)21-18(25)17-10-8-15(9-11-17)14-24-12-6-5-7-13-24/h8-11,16H,3-7,12-14H2,1-2H3,(H,21,23,25). The van der Waals surface area contributed by atoms with Crippen molar-refractivity contribution in [3.63, 3.8) is 0 Å². The number of hydrogen-bond acceptors (Lipinski definition) is 5. The molecule has 0 atom stereocenters. The van der Waals surface area contributed by atoms with E-state index < -0.39 is 0 Å². The van der Waals surface area contributed by atoms with Crippen molar-refractivity contribution in [1.29, 1.82) is 0 Å². The van der Waals surface area contributed by atoms with E-state index in [2.05, 4.69) is 46.4 Å². The van der Waals surface area contributed by atoms with Crippen molar-refractivity contribution in [2.75, 3.05) is 18.4 Å². The third kappa shape index (κ3) is 4.89. The second-order valence-electron chi connectivity index (χ2n) is 6.95. The number of nitrogens with one attached hydrogen (secondary N) is 1. The Labute approximate surface area is 159 Å². The minimum absolute atomic E-state index is 0.123. The van der Waals surface area contributed by atoms with Gasteiger partial charge in [0.25, 0.3) is 5.91 Å². The van der Waals surface area contributed by atoms with E-state index >= 15 is 0 Å². The van der Waals surface area contributed by atoms with Gasteiger partial charge >= 0.3 is 0 Å². The second kappa shape index (κ2) is 9.24. The van der Waals surface area contributed by atoms with Gasteiger partial charge in [-0.1, -0.05) is 43.7 Å². The van der Waals surface area contributed by atoms with Gasteiger partial charge in [-0.3, -0.25) is 15.0 Å². The van der Waals surface area contributed by atoms with Crippen LogP contribution in [0.3, 0.4) is 0 Å². The van der Waals surface area contributed by atoms with Crippen LogP contribution >= 0.6 is 11.3 Å². The molecule has 1 saturated heterocycles. The third-order valence-electron chi connectivity index (χ3n) is 5.07. The lowest BCUT2D eigenvalue weighted by atomic mass is 10.1. The molecular formula is C20H28N4OS. The molecule has 26 heavy (non-hydrogen) atoms. The molecule has 5 nitrogen and oxygen atoms in total. The van der Waals surface area contributed by atoms with Gasteiger partial charge in [-0.2, -0.15) is 0 Å². The molecule has 1 N–H and O–H groups in total. The van der Waals surface area contributed by atoms with Crippen LogP contribution in [-0.4, -0.2) is 34.1 Å². The Morgan fingerprint density at radius 1 is 1.12 bits per heavy atom. The molecule has 2 aromatic rings. The Morgan fingerprint density at radius 3 is 2.46 bits per heavy atom.